The number of aromatic nitrogens is 1. The molecule has 80 valence electrons. The predicted octanol–water partition coefficient (Wildman–Crippen LogP) is 0.972. The second kappa shape index (κ2) is 5.09. The monoisotopic (exact) mass is 208 g/mol. The Labute approximate surface area is 87.5 Å². The molecule has 0 saturated carbocycles. The third-order valence-corrected chi connectivity index (χ3v) is 1.43. The third kappa shape index (κ3) is 3.76. The summed E-state index contributed by atoms with van der Waals surface area (Å²) in [5.74, 6) is -1.40. The normalized spacial score (nSPS) is 9.80. The second-order valence-electron chi connectivity index (χ2n) is 3.12. The summed E-state index contributed by atoms with van der Waals surface area (Å²) in [4.78, 5) is 26.2. The van der Waals surface area contributed by atoms with Gasteiger partial charge in [-0.05, 0) is 26.0 Å². The van der Waals surface area contributed by atoms with E-state index in [-0.39, 0.29) is 6.10 Å². The Morgan fingerprint density at radius 1 is 1.40 bits per heavy atom. The average Bonchev–Trinajstić information content (AvgIpc) is 2.18. The lowest BCUT2D eigenvalue weighted by Gasteiger charge is -2.07. The van der Waals surface area contributed by atoms with Crippen LogP contribution in [0.25, 0.3) is 0 Å². The maximum absolute atomic E-state index is 11.2. The van der Waals surface area contributed by atoms with Crippen molar-refractivity contribution >= 4 is 17.7 Å². The molecule has 1 rings (SSSR count). The highest BCUT2D eigenvalue weighted by molar-refractivity contribution is 6.37. The van der Waals surface area contributed by atoms with Gasteiger partial charge in [0.25, 0.3) is 0 Å². The zero-order valence-electron chi connectivity index (χ0n) is 8.56. The molecule has 1 amide bonds. The quantitative estimate of drug-likeness (QED) is 0.581. The number of amides is 1. The maximum Gasteiger partial charge on any atom is 0.397 e. The molecule has 1 aromatic heterocycles. The van der Waals surface area contributed by atoms with E-state index >= 15 is 0 Å². The van der Waals surface area contributed by atoms with E-state index in [1.54, 1.807) is 32.0 Å². The standard InChI is InChI=1S/C10H12N2O3/c1-7(2)15-10(14)9(13)12-8-5-3-4-6-11-8/h3-7H,1-2H3,(H,11,12,13). The van der Waals surface area contributed by atoms with E-state index in [2.05, 4.69) is 10.3 Å². The molecule has 0 aliphatic heterocycles. The molecule has 1 N–H and O–H groups in total. The Kier molecular flexibility index (Phi) is 3.79. The van der Waals surface area contributed by atoms with Gasteiger partial charge in [-0.25, -0.2) is 9.78 Å². The number of carbonyl (C=O) groups is 2. The zero-order valence-corrected chi connectivity index (χ0v) is 8.56. The van der Waals surface area contributed by atoms with E-state index in [0.717, 1.165) is 0 Å². The number of hydrogen-bond donors (Lipinski definition) is 1. The highest BCUT2D eigenvalue weighted by Gasteiger charge is 2.16. The first kappa shape index (κ1) is 11.2. The van der Waals surface area contributed by atoms with E-state index in [1.165, 1.54) is 6.20 Å². The molecule has 0 aliphatic rings. The van der Waals surface area contributed by atoms with E-state index < -0.39 is 11.9 Å². The van der Waals surface area contributed by atoms with Gasteiger partial charge in [-0.2, -0.15) is 0 Å². The van der Waals surface area contributed by atoms with Gasteiger partial charge in [0.15, 0.2) is 0 Å². The van der Waals surface area contributed by atoms with Crippen LogP contribution in [0.4, 0.5) is 5.82 Å². The number of esters is 1. The van der Waals surface area contributed by atoms with Gasteiger partial charge in [0.2, 0.25) is 0 Å². The molecule has 1 aromatic rings. The summed E-state index contributed by atoms with van der Waals surface area (Å²) in [5, 5.41) is 2.32. The van der Waals surface area contributed by atoms with Gasteiger partial charge < -0.3 is 10.1 Å². The van der Waals surface area contributed by atoms with Crippen molar-refractivity contribution in [3.05, 3.63) is 24.4 Å². The van der Waals surface area contributed by atoms with Crippen LogP contribution in [-0.4, -0.2) is 23.0 Å². The molecule has 0 spiro atoms. The van der Waals surface area contributed by atoms with Crippen LogP contribution < -0.4 is 5.32 Å². The Morgan fingerprint density at radius 2 is 2.13 bits per heavy atom. The van der Waals surface area contributed by atoms with Crippen LogP contribution in [0.3, 0.4) is 0 Å². The van der Waals surface area contributed by atoms with Crippen molar-refractivity contribution in [1.82, 2.24) is 4.98 Å². The molecule has 0 bridgehead atoms. The molecule has 0 fully saturated rings. The Hall–Kier alpha value is -1.91. The molecule has 0 atom stereocenters. The minimum Gasteiger partial charge on any atom is -0.456 e. The maximum atomic E-state index is 11.2. The molecule has 0 saturated heterocycles. The van der Waals surface area contributed by atoms with Crippen molar-refractivity contribution in [2.45, 2.75) is 20.0 Å². The minimum absolute atomic E-state index is 0.313. The van der Waals surface area contributed by atoms with Crippen molar-refractivity contribution in [1.29, 1.82) is 0 Å². The topological polar surface area (TPSA) is 68.3 Å². The molecule has 0 aromatic carbocycles. The van der Waals surface area contributed by atoms with E-state index in [9.17, 15) is 9.59 Å². The Morgan fingerprint density at radius 3 is 2.67 bits per heavy atom. The highest BCUT2D eigenvalue weighted by atomic mass is 16.5. The fourth-order valence-corrected chi connectivity index (χ4v) is 0.872. The molecule has 0 radical (unpaired) electrons. The first-order valence-electron chi connectivity index (χ1n) is 4.52. The summed E-state index contributed by atoms with van der Waals surface area (Å²) >= 11 is 0. The summed E-state index contributed by atoms with van der Waals surface area (Å²) in [6, 6.07) is 5.00. The van der Waals surface area contributed by atoms with Gasteiger partial charge in [-0.15, -0.1) is 0 Å². The molecular weight excluding hydrogens is 196 g/mol. The van der Waals surface area contributed by atoms with Crippen molar-refractivity contribution in [3.8, 4) is 0 Å². The van der Waals surface area contributed by atoms with Gasteiger partial charge in [0.1, 0.15) is 5.82 Å². The first-order valence-corrected chi connectivity index (χ1v) is 4.52. The number of nitrogens with one attached hydrogen (secondary N) is 1. The third-order valence-electron chi connectivity index (χ3n) is 1.43. The van der Waals surface area contributed by atoms with E-state index in [1.807, 2.05) is 0 Å². The van der Waals surface area contributed by atoms with Gasteiger partial charge in [0, 0.05) is 6.20 Å². The SMILES string of the molecule is CC(C)OC(=O)C(=O)Nc1ccccn1. The lowest BCUT2D eigenvalue weighted by atomic mass is 10.4. The van der Waals surface area contributed by atoms with Crippen LogP contribution in [0.15, 0.2) is 24.4 Å². The van der Waals surface area contributed by atoms with Gasteiger partial charge >= 0.3 is 11.9 Å². The number of anilines is 1. The van der Waals surface area contributed by atoms with Crippen molar-refractivity contribution in [2.24, 2.45) is 0 Å². The minimum atomic E-state index is -0.907. The van der Waals surface area contributed by atoms with Crippen LogP contribution in [0.5, 0.6) is 0 Å². The average molecular weight is 208 g/mol. The second-order valence-corrected chi connectivity index (χ2v) is 3.12. The molecule has 0 unspecified atom stereocenters. The summed E-state index contributed by atoms with van der Waals surface area (Å²) < 4.78 is 4.71. The van der Waals surface area contributed by atoms with Gasteiger partial charge in [0.05, 0.1) is 6.10 Å². The van der Waals surface area contributed by atoms with Gasteiger partial charge in [-0.3, -0.25) is 4.79 Å². The number of ether oxygens (including phenoxy) is 1. The summed E-state index contributed by atoms with van der Waals surface area (Å²) in [5.41, 5.74) is 0. The van der Waals surface area contributed by atoms with E-state index in [0.29, 0.717) is 5.82 Å². The first-order chi connectivity index (χ1) is 7.09. The van der Waals surface area contributed by atoms with E-state index in [4.69, 9.17) is 4.74 Å². The summed E-state index contributed by atoms with van der Waals surface area (Å²) in [6.07, 6.45) is 1.20. The Balaban J connectivity index is 2.53. The number of nitrogens with zero attached hydrogens (tertiary/aromatic N) is 1. The molecule has 15 heavy (non-hydrogen) atoms. The lowest BCUT2D eigenvalue weighted by Crippen LogP contribution is -2.27. The number of carbonyl (C=O) groups excluding carboxylic acids is 2. The lowest BCUT2D eigenvalue weighted by molar-refractivity contribution is -0.155. The number of rotatable bonds is 2. The number of hydrogen-bond acceptors (Lipinski definition) is 4. The predicted molar refractivity (Wildman–Crippen MR) is 54.1 cm³/mol. The fraction of sp³-hybridized carbons (Fsp3) is 0.300. The number of pyridine rings is 1. The van der Waals surface area contributed by atoms with Gasteiger partial charge in [-0.1, -0.05) is 6.07 Å². The van der Waals surface area contributed by atoms with Crippen LogP contribution in [0.2, 0.25) is 0 Å². The van der Waals surface area contributed by atoms with Crippen LogP contribution in [-0.2, 0) is 14.3 Å². The van der Waals surface area contributed by atoms with Crippen LogP contribution >= 0.6 is 0 Å². The largest absolute Gasteiger partial charge is 0.456 e. The zero-order chi connectivity index (χ0) is 11.3. The fourth-order valence-electron chi connectivity index (χ4n) is 0.872. The summed E-state index contributed by atoms with van der Waals surface area (Å²) in [6.45, 7) is 3.35. The van der Waals surface area contributed by atoms with Crippen molar-refractivity contribution in [2.75, 3.05) is 5.32 Å². The molecule has 5 nitrogen and oxygen atoms in total. The Bertz CT molecular complexity index is 349. The molecular formula is C10H12N2O3. The summed E-state index contributed by atoms with van der Waals surface area (Å²) in [7, 11) is 0. The van der Waals surface area contributed by atoms with Crippen LogP contribution in [0.1, 0.15) is 13.8 Å². The van der Waals surface area contributed by atoms with Crippen molar-refractivity contribution in [3.63, 3.8) is 0 Å². The highest BCUT2D eigenvalue weighted by Crippen LogP contribution is 2.00. The van der Waals surface area contributed by atoms with Crippen LogP contribution in [0, 0.1) is 0 Å². The van der Waals surface area contributed by atoms with Crippen molar-refractivity contribution < 1.29 is 14.3 Å². The molecule has 1 heterocycles. The molecule has 5 heteroatoms. The smallest absolute Gasteiger partial charge is 0.397 e. The molecule has 0 aliphatic carbocycles.